The number of nitrogens with zero attached hydrogens (tertiary/aromatic N) is 3. The third-order valence-corrected chi connectivity index (χ3v) is 9.37. The van der Waals surface area contributed by atoms with E-state index in [-0.39, 0.29) is 29.2 Å². The van der Waals surface area contributed by atoms with Gasteiger partial charge in [-0.05, 0) is 60.9 Å². The highest BCUT2D eigenvalue weighted by Gasteiger charge is 2.48. The first-order valence-corrected chi connectivity index (χ1v) is 15.6. The summed E-state index contributed by atoms with van der Waals surface area (Å²) in [4.78, 5) is 28.6. The van der Waals surface area contributed by atoms with Crippen LogP contribution in [-0.2, 0) is 21.8 Å². The van der Waals surface area contributed by atoms with Crippen LogP contribution in [0, 0.1) is 6.92 Å². The number of amides is 1. The van der Waals surface area contributed by atoms with Gasteiger partial charge in [0, 0.05) is 17.7 Å². The number of hydrogen-bond donors (Lipinski definition) is 1. The van der Waals surface area contributed by atoms with Crippen molar-refractivity contribution in [1.29, 1.82) is 0 Å². The highest BCUT2D eigenvalue weighted by Crippen LogP contribution is 2.45. The van der Waals surface area contributed by atoms with Crippen LogP contribution in [0.2, 0.25) is 0 Å². The number of rotatable bonds is 9. The van der Waals surface area contributed by atoms with Gasteiger partial charge in [0.1, 0.15) is 30.0 Å². The number of ketones is 1. The van der Waals surface area contributed by atoms with Crippen molar-refractivity contribution >= 4 is 45.7 Å². The fourth-order valence-electron chi connectivity index (χ4n) is 5.19. The van der Waals surface area contributed by atoms with E-state index >= 15 is 0 Å². The molecule has 2 aliphatic heterocycles. The van der Waals surface area contributed by atoms with Crippen molar-refractivity contribution in [1.82, 2.24) is 10.2 Å². The number of aliphatic hydroxyl groups is 1. The lowest BCUT2D eigenvalue weighted by molar-refractivity contribution is -0.132. The molecule has 6 rings (SSSR count). The second-order valence-electron chi connectivity index (χ2n) is 10.4. The van der Waals surface area contributed by atoms with Gasteiger partial charge in [-0.25, -0.2) is 0 Å². The van der Waals surface area contributed by atoms with Gasteiger partial charge in [0.15, 0.2) is 4.34 Å². The molecule has 3 heterocycles. The van der Waals surface area contributed by atoms with Crippen LogP contribution in [-0.4, -0.2) is 39.7 Å². The summed E-state index contributed by atoms with van der Waals surface area (Å²) in [5, 5.41) is 20.5. The van der Waals surface area contributed by atoms with E-state index in [1.807, 2.05) is 19.9 Å². The molecule has 1 aromatic heterocycles. The van der Waals surface area contributed by atoms with Gasteiger partial charge >= 0.3 is 5.91 Å². The maximum Gasteiger partial charge on any atom is 0.301 e. The number of aliphatic hydroxyl groups excluding tert-OH is 1. The van der Waals surface area contributed by atoms with E-state index in [1.54, 1.807) is 42.5 Å². The highest BCUT2D eigenvalue weighted by molar-refractivity contribution is 8.00. The quantitative estimate of drug-likeness (QED) is 0.0561. The molecular weight excluding hydrogens is 583 g/mol. The molecule has 4 aromatic rings. The molecule has 0 bridgehead atoms. The van der Waals surface area contributed by atoms with Gasteiger partial charge in [0.05, 0.1) is 11.6 Å². The van der Waals surface area contributed by atoms with Gasteiger partial charge in [-0.3, -0.25) is 14.5 Å². The van der Waals surface area contributed by atoms with Crippen molar-refractivity contribution in [2.45, 2.75) is 42.5 Å². The molecule has 0 saturated carbocycles. The molecule has 2 aliphatic rings. The standard InChI is InChI=1S/C33H29N3O5S2/c1-4-14-40-25-7-5-6-22(17-25)28-27(29(37)23-12-13-26-24(16-23)15-20(3)41-26)30(38)31(39)36(28)32-34-35-33(43-32)42-18-21-10-8-19(2)9-11-21/h4-13,16-17,20,28,37H,1,14-15,18H2,2-3H3/t20-,28+/m1/s1. The third-order valence-electron chi connectivity index (χ3n) is 7.24. The topological polar surface area (TPSA) is 102 Å². The Hall–Kier alpha value is -4.41. The predicted octanol–water partition coefficient (Wildman–Crippen LogP) is 6.65. The van der Waals surface area contributed by atoms with E-state index in [9.17, 15) is 14.7 Å². The number of anilines is 1. The monoisotopic (exact) mass is 611 g/mol. The van der Waals surface area contributed by atoms with Crippen molar-refractivity contribution in [3.05, 3.63) is 113 Å². The fraction of sp³-hybridized carbons (Fsp3) is 0.212. The Kier molecular flexibility index (Phi) is 8.05. The molecule has 3 aromatic carbocycles. The SMILES string of the molecule is C=CCOc1cccc([C@H]2C(=C(O)c3ccc4c(c3)C[C@@H](C)O4)C(=O)C(=O)N2c2nnc(SCc3ccc(C)cc3)s2)c1. The maximum absolute atomic E-state index is 13.6. The van der Waals surface area contributed by atoms with Gasteiger partial charge in [0.25, 0.3) is 5.78 Å². The molecule has 0 spiro atoms. The summed E-state index contributed by atoms with van der Waals surface area (Å²) >= 11 is 2.73. The average Bonchev–Trinajstić information content (AvgIpc) is 3.70. The van der Waals surface area contributed by atoms with E-state index in [2.05, 4.69) is 41.0 Å². The zero-order valence-corrected chi connectivity index (χ0v) is 25.3. The Balaban J connectivity index is 1.39. The minimum atomic E-state index is -0.946. The van der Waals surface area contributed by atoms with Crippen LogP contribution in [0.4, 0.5) is 5.13 Å². The average molecular weight is 612 g/mol. The summed E-state index contributed by atoms with van der Waals surface area (Å²) < 4.78 is 12.2. The van der Waals surface area contributed by atoms with E-state index in [0.29, 0.717) is 33.4 Å². The number of Topliss-reactive ketones (excluding diaryl/α,β-unsaturated/α-hetero) is 1. The zero-order valence-electron chi connectivity index (χ0n) is 23.6. The Morgan fingerprint density at radius 3 is 2.77 bits per heavy atom. The van der Waals surface area contributed by atoms with Crippen molar-refractivity contribution in [3.8, 4) is 11.5 Å². The predicted molar refractivity (Wildman–Crippen MR) is 168 cm³/mol. The molecule has 1 saturated heterocycles. The molecule has 218 valence electrons. The summed E-state index contributed by atoms with van der Waals surface area (Å²) in [6.45, 7) is 8.00. The molecule has 8 nitrogen and oxygen atoms in total. The minimum Gasteiger partial charge on any atom is -0.507 e. The van der Waals surface area contributed by atoms with Gasteiger partial charge in [-0.2, -0.15) is 0 Å². The van der Waals surface area contributed by atoms with Crippen molar-refractivity contribution in [2.75, 3.05) is 11.5 Å². The highest BCUT2D eigenvalue weighted by atomic mass is 32.2. The first-order valence-electron chi connectivity index (χ1n) is 13.8. The number of hydrogen-bond acceptors (Lipinski definition) is 9. The maximum atomic E-state index is 13.6. The first-order chi connectivity index (χ1) is 20.8. The number of thioether (sulfide) groups is 1. The molecule has 1 amide bonds. The lowest BCUT2D eigenvalue weighted by Crippen LogP contribution is -2.29. The molecule has 1 N–H and O–H groups in total. The summed E-state index contributed by atoms with van der Waals surface area (Å²) in [5.41, 5.74) is 4.25. The number of fused-ring (bicyclic) bond motifs is 1. The fourth-order valence-corrected chi connectivity index (χ4v) is 7.01. The molecular formula is C33H29N3O5S2. The van der Waals surface area contributed by atoms with Crippen LogP contribution in [0.3, 0.4) is 0 Å². The van der Waals surface area contributed by atoms with Gasteiger partial charge in [0.2, 0.25) is 5.13 Å². The summed E-state index contributed by atoms with van der Waals surface area (Å²) in [6.07, 6.45) is 2.34. The van der Waals surface area contributed by atoms with E-state index in [4.69, 9.17) is 9.47 Å². The van der Waals surface area contributed by atoms with Crippen LogP contribution in [0.25, 0.3) is 5.76 Å². The smallest absolute Gasteiger partial charge is 0.301 e. The number of aryl methyl sites for hydroxylation is 1. The lowest BCUT2D eigenvalue weighted by atomic mass is 9.94. The number of aromatic nitrogens is 2. The van der Waals surface area contributed by atoms with Crippen molar-refractivity contribution in [2.24, 2.45) is 0 Å². The summed E-state index contributed by atoms with van der Waals surface area (Å²) in [5.74, 6) is 0.128. The zero-order chi connectivity index (χ0) is 30.1. The van der Waals surface area contributed by atoms with Crippen molar-refractivity contribution < 1.29 is 24.2 Å². The van der Waals surface area contributed by atoms with E-state index < -0.39 is 17.7 Å². The molecule has 0 radical (unpaired) electrons. The molecule has 1 fully saturated rings. The molecule has 0 aliphatic carbocycles. The lowest BCUT2D eigenvalue weighted by Gasteiger charge is -2.23. The van der Waals surface area contributed by atoms with Crippen LogP contribution in [0.15, 0.2) is 89.3 Å². The number of carbonyl (C=O) groups is 2. The number of benzene rings is 3. The van der Waals surface area contributed by atoms with E-state index in [0.717, 1.165) is 16.9 Å². The molecule has 2 atom stereocenters. The van der Waals surface area contributed by atoms with Crippen LogP contribution in [0.1, 0.15) is 40.8 Å². The third kappa shape index (κ3) is 5.80. The van der Waals surface area contributed by atoms with Gasteiger partial charge in [-0.1, -0.05) is 77.7 Å². The molecule has 10 heteroatoms. The molecule has 43 heavy (non-hydrogen) atoms. The largest absolute Gasteiger partial charge is 0.507 e. The Bertz CT molecular complexity index is 1750. The van der Waals surface area contributed by atoms with E-state index in [1.165, 1.54) is 33.6 Å². The number of ether oxygens (including phenoxy) is 2. The molecule has 0 unspecified atom stereocenters. The Morgan fingerprint density at radius 1 is 1.16 bits per heavy atom. The first kappa shape index (κ1) is 28.7. The second-order valence-corrected chi connectivity index (χ2v) is 12.6. The van der Waals surface area contributed by atoms with Crippen LogP contribution in [0.5, 0.6) is 11.5 Å². The van der Waals surface area contributed by atoms with Gasteiger partial charge in [-0.15, -0.1) is 10.2 Å². The van der Waals surface area contributed by atoms with Crippen LogP contribution >= 0.6 is 23.1 Å². The summed E-state index contributed by atoms with van der Waals surface area (Å²) in [6, 6.07) is 19.7. The van der Waals surface area contributed by atoms with Gasteiger partial charge < -0.3 is 14.6 Å². The van der Waals surface area contributed by atoms with Crippen LogP contribution < -0.4 is 14.4 Å². The Morgan fingerprint density at radius 2 is 1.98 bits per heavy atom. The normalized spacial score (nSPS) is 18.9. The Labute approximate surface area is 257 Å². The second kappa shape index (κ2) is 12.1. The summed E-state index contributed by atoms with van der Waals surface area (Å²) in [7, 11) is 0. The van der Waals surface area contributed by atoms with Crippen molar-refractivity contribution in [3.63, 3.8) is 0 Å². The minimum absolute atomic E-state index is 0.0201. The number of carbonyl (C=O) groups excluding carboxylic acids is 2.